The highest BCUT2D eigenvalue weighted by Crippen LogP contribution is 2.32. The molecule has 0 aromatic heterocycles. The van der Waals surface area contributed by atoms with Crippen LogP contribution < -0.4 is 15.4 Å². The van der Waals surface area contributed by atoms with Crippen molar-refractivity contribution in [3.8, 4) is 5.75 Å². The van der Waals surface area contributed by atoms with Crippen LogP contribution in [-0.4, -0.2) is 35.8 Å². The summed E-state index contributed by atoms with van der Waals surface area (Å²) < 4.78 is 5.31. The summed E-state index contributed by atoms with van der Waals surface area (Å²) in [6, 6.07) is 10.3. The molecule has 2 aromatic carbocycles. The lowest BCUT2D eigenvalue weighted by molar-refractivity contribution is -0.140. The number of aryl methyl sites for hydroxylation is 1. The van der Waals surface area contributed by atoms with Crippen molar-refractivity contribution in [1.82, 2.24) is 10.2 Å². The van der Waals surface area contributed by atoms with Crippen molar-refractivity contribution >= 4 is 46.6 Å². The van der Waals surface area contributed by atoms with E-state index in [9.17, 15) is 14.4 Å². The van der Waals surface area contributed by atoms with Gasteiger partial charge in [-0.05, 0) is 49.1 Å². The van der Waals surface area contributed by atoms with Crippen LogP contribution in [0.2, 0.25) is 5.02 Å². The van der Waals surface area contributed by atoms with Gasteiger partial charge in [0.2, 0.25) is 0 Å². The summed E-state index contributed by atoms with van der Waals surface area (Å²) in [5.74, 6) is -0.617. The minimum Gasteiger partial charge on any atom is -0.495 e. The van der Waals surface area contributed by atoms with Gasteiger partial charge in [-0.2, -0.15) is 0 Å². The van der Waals surface area contributed by atoms with Gasteiger partial charge in [0.15, 0.2) is 0 Å². The Bertz CT molecular complexity index is 1190. The molecule has 184 valence electrons. The van der Waals surface area contributed by atoms with E-state index in [1.807, 2.05) is 6.92 Å². The Morgan fingerprint density at radius 1 is 1.06 bits per heavy atom. The monoisotopic (exact) mass is 515 g/mol. The molecule has 2 aromatic rings. The molecule has 0 radical (unpaired) electrons. The second-order valence-corrected chi connectivity index (χ2v) is 9.55. The molecular weight excluding hydrogens is 489 g/mol. The molecule has 2 N–H and O–H groups in total. The number of nitrogens with one attached hydrogen (secondary N) is 2. The first-order chi connectivity index (χ1) is 16.8. The third-order valence-corrected chi connectivity index (χ3v) is 7.17. The van der Waals surface area contributed by atoms with E-state index < -0.39 is 5.91 Å². The highest BCUT2D eigenvalue weighted by Gasteiger charge is 2.41. The second-order valence-electron chi connectivity index (χ2n) is 8.77. The van der Waals surface area contributed by atoms with Crippen molar-refractivity contribution in [2.75, 3.05) is 12.4 Å². The minimum absolute atomic E-state index is 0.0659. The van der Waals surface area contributed by atoms with Crippen LogP contribution in [0.3, 0.4) is 0 Å². The molecule has 1 heterocycles. The molecule has 1 aliphatic heterocycles. The number of hydrogen-bond donors (Lipinski definition) is 2. The number of hydrogen-bond acceptors (Lipinski definition) is 5. The topological polar surface area (TPSA) is 87.7 Å². The van der Waals surface area contributed by atoms with Crippen molar-refractivity contribution in [1.29, 1.82) is 0 Å². The SMILES string of the molecule is COc1cc(Cl)c(C)cc1NC(=O)c1ccc(CNC2=C(Cl)C(=O)N(C3CCCCC3)C2=O)cc1. The number of benzene rings is 2. The summed E-state index contributed by atoms with van der Waals surface area (Å²) in [4.78, 5) is 39.5. The zero-order valence-corrected chi connectivity index (χ0v) is 21.1. The average molecular weight is 516 g/mol. The number of anilines is 1. The molecule has 0 spiro atoms. The predicted octanol–water partition coefficient (Wildman–Crippen LogP) is 5.15. The fourth-order valence-corrected chi connectivity index (χ4v) is 4.82. The van der Waals surface area contributed by atoms with E-state index in [2.05, 4.69) is 10.6 Å². The molecule has 2 aliphatic rings. The maximum absolute atomic E-state index is 12.9. The number of nitrogens with zero attached hydrogens (tertiary/aromatic N) is 1. The van der Waals surface area contributed by atoms with Crippen molar-refractivity contribution in [3.05, 3.63) is 68.8 Å². The highest BCUT2D eigenvalue weighted by atomic mass is 35.5. The molecule has 9 heteroatoms. The fraction of sp³-hybridized carbons (Fsp3) is 0.346. The maximum atomic E-state index is 12.9. The van der Waals surface area contributed by atoms with Gasteiger partial charge in [-0.1, -0.05) is 54.6 Å². The van der Waals surface area contributed by atoms with Gasteiger partial charge in [-0.3, -0.25) is 19.3 Å². The van der Waals surface area contributed by atoms with E-state index in [4.69, 9.17) is 27.9 Å². The lowest BCUT2D eigenvalue weighted by atomic mass is 9.94. The first kappa shape index (κ1) is 25.1. The Morgan fingerprint density at radius 2 is 1.74 bits per heavy atom. The van der Waals surface area contributed by atoms with Crippen LogP contribution in [0.5, 0.6) is 5.75 Å². The Morgan fingerprint density at radius 3 is 2.40 bits per heavy atom. The molecule has 0 saturated heterocycles. The lowest BCUT2D eigenvalue weighted by Crippen LogP contribution is -2.43. The summed E-state index contributed by atoms with van der Waals surface area (Å²) in [5, 5.41) is 6.35. The van der Waals surface area contributed by atoms with E-state index in [0.29, 0.717) is 22.0 Å². The summed E-state index contributed by atoms with van der Waals surface area (Å²) in [5.41, 5.74) is 2.76. The minimum atomic E-state index is -0.425. The van der Waals surface area contributed by atoms with E-state index in [1.54, 1.807) is 36.4 Å². The average Bonchev–Trinajstić information content (AvgIpc) is 3.08. The summed E-state index contributed by atoms with van der Waals surface area (Å²) in [6.07, 6.45) is 4.78. The van der Waals surface area contributed by atoms with Gasteiger partial charge in [-0.15, -0.1) is 0 Å². The van der Waals surface area contributed by atoms with Crippen molar-refractivity contribution in [2.45, 2.75) is 51.6 Å². The Hall–Kier alpha value is -3.03. The van der Waals surface area contributed by atoms with Gasteiger partial charge in [0, 0.05) is 29.2 Å². The van der Waals surface area contributed by atoms with Crippen molar-refractivity contribution < 1.29 is 19.1 Å². The van der Waals surface area contributed by atoms with Crippen molar-refractivity contribution in [3.63, 3.8) is 0 Å². The maximum Gasteiger partial charge on any atom is 0.278 e. The Balaban J connectivity index is 1.39. The fourth-order valence-electron chi connectivity index (χ4n) is 4.43. The molecule has 3 amide bonds. The first-order valence-electron chi connectivity index (χ1n) is 11.6. The predicted molar refractivity (Wildman–Crippen MR) is 136 cm³/mol. The molecule has 0 atom stereocenters. The van der Waals surface area contributed by atoms with E-state index in [-0.39, 0.29) is 35.1 Å². The van der Waals surface area contributed by atoms with E-state index >= 15 is 0 Å². The first-order valence-corrected chi connectivity index (χ1v) is 12.3. The molecule has 7 nitrogen and oxygen atoms in total. The van der Waals surface area contributed by atoms with Gasteiger partial charge in [0.25, 0.3) is 17.7 Å². The number of ether oxygens (including phenoxy) is 1. The number of imide groups is 1. The molecule has 0 unspecified atom stereocenters. The molecule has 0 bridgehead atoms. The molecule has 1 fully saturated rings. The smallest absolute Gasteiger partial charge is 0.278 e. The standard InChI is InChI=1S/C26H27Cl2N3O4/c1-15-12-20(21(35-2)13-19(15)27)30-24(32)17-10-8-16(9-11-17)14-29-23-22(28)25(33)31(26(23)34)18-6-4-3-5-7-18/h8-13,18,29H,3-7,14H2,1-2H3,(H,30,32). The third kappa shape index (κ3) is 5.31. The number of rotatable bonds is 7. The molecule has 35 heavy (non-hydrogen) atoms. The van der Waals surface area contributed by atoms with Crippen molar-refractivity contribution in [2.24, 2.45) is 0 Å². The zero-order chi connectivity index (χ0) is 25.1. The van der Waals surface area contributed by atoms with Gasteiger partial charge in [0.1, 0.15) is 16.5 Å². The number of methoxy groups -OCH3 is 1. The second kappa shape index (κ2) is 10.7. The van der Waals surface area contributed by atoms with Gasteiger partial charge in [0.05, 0.1) is 12.8 Å². The zero-order valence-electron chi connectivity index (χ0n) is 19.6. The molecule has 1 aliphatic carbocycles. The van der Waals surface area contributed by atoms with Gasteiger partial charge in [-0.25, -0.2) is 0 Å². The van der Waals surface area contributed by atoms with Gasteiger partial charge < -0.3 is 15.4 Å². The third-order valence-electron chi connectivity index (χ3n) is 6.41. The quantitative estimate of drug-likeness (QED) is 0.497. The summed E-state index contributed by atoms with van der Waals surface area (Å²) in [7, 11) is 1.51. The molecule has 1 saturated carbocycles. The number of halogens is 2. The van der Waals surface area contributed by atoms with Crippen LogP contribution in [0.15, 0.2) is 47.1 Å². The Labute approximate surface area is 214 Å². The van der Waals surface area contributed by atoms with Crippen LogP contribution in [0.4, 0.5) is 5.69 Å². The largest absolute Gasteiger partial charge is 0.495 e. The molecular formula is C26H27Cl2N3O4. The Kier molecular flexibility index (Phi) is 7.67. The van der Waals surface area contributed by atoms with E-state index in [0.717, 1.165) is 43.2 Å². The lowest BCUT2D eigenvalue weighted by Gasteiger charge is -2.29. The molecule has 4 rings (SSSR count). The van der Waals surface area contributed by atoms with E-state index in [1.165, 1.54) is 12.0 Å². The highest BCUT2D eigenvalue weighted by molar-refractivity contribution is 6.47. The normalized spacial score (nSPS) is 16.6. The van der Waals surface area contributed by atoms with Crippen LogP contribution in [0.1, 0.15) is 53.6 Å². The van der Waals surface area contributed by atoms with Crippen LogP contribution in [0, 0.1) is 6.92 Å². The number of carbonyl (C=O) groups excluding carboxylic acids is 3. The van der Waals surface area contributed by atoms with Crippen LogP contribution in [-0.2, 0) is 16.1 Å². The number of amides is 3. The summed E-state index contributed by atoms with van der Waals surface area (Å²) in [6.45, 7) is 2.13. The van der Waals surface area contributed by atoms with Crippen LogP contribution >= 0.6 is 23.2 Å². The number of carbonyl (C=O) groups is 3. The summed E-state index contributed by atoms with van der Waals surface area (Å²) >= 11 is 12.4. The van der Waals surface area contributed by atoms with Crippen LogP contribution in [0.25, 0.3) is 0 Å². The van der Waals surface area contributed by atoms with Gasteiger partial charge >= 0.3 is 0 Å².